The number of rotatable bonds is 7. The Balaban J connectivity index is 1.56. The molecule has 1 N–H and O–H groups in total. The van der Waals surface area contributed by atoms with Gasteiger partial charge in [0.25, 0.3) is 0 Å². The van der Waals surface area contributed by atoms with E-state index in [1.54, 1.807) is 0 Å². The third-order valence-corrected chi connectivity index (χ3v) is 18.3. The number of hydrogen-bond acceptors (Lipinski definition) is 2. The van der Waals surface area contributed by atoms with Crippen LogP contribution in [-0.4, -0.2) is 30.0 Å². The third-order valence-electron chi connectivity index (χ3n) is 12.5. The van der Waals surface area contributed by atoms with Crippen molar-refractivity contribution in [2.24, 2.45) is 45.3 Å². The van der Waals surface area contributed by atoms with E-state index in [1.807, 2.05) is 11.1 Å². The minimum atomic E-state index is -0.645. The van der Waals surface area contributed by atoms with Gasteiger partial charge in [0.15, 0.2) is 0 Å². The van der Waals surface area contributed by atoms with Crippen molar-refractivity contribution in [3.8, 4) is 0 Å². The predicted molar refractivity (Wildman–Crippen MR) is 157 cm³/mol. The van der Waals surface area contributed by atoms with Crippen molar-refractivity contribution in [1.82, 2.24) is 0 Å². The van der Waals surface area contributed by atoms with Crippen molar-refractivity contribution < 1.29 is 5.11 Å². The molecule has 4 rings (SSSR count). The van der Waals surface area contributed by atoms with Gasteiger partial charge in [-0.15, -0.1) is 0 Å². The number of fused-ring (bicyclic) bond motifs is 4. The number of hydrogen-bond donors (Lipinski definition) is 1. The predicted octanol–water partition coefficient (Wildman–Crippen LogP) is 9.52. The van der Waals surface area contributed by atoms with E-state index in [4.69, 9.17) is 0 Å². The van der Waals surface area contributed by atoms with Crippen LogP contribution in [0.2, 0.25) is 11.4 Å². The fraction of sp³-hybridized carbons (Fsp3) is 0.938. The fourth-order valence-electron chi connectivity index (χ4n) is 10.0. The van der Waals surface area contributed by atoms with Crippen LogP contribution in [-0.2, 0) is 0 Å². The molecule has 0 spiro atoms. The maximum atomic E-state index is 10.9. The van der Waals surface area contributed by atoms with Crippen LogP contribution in [0, 0.1) is 45.3 Å². The molecule has 8 atom stereocenters. The second-order valence-electron chi connectivity index (χ2n) is 15.0. The molecule has 0 aromatic heterocycles. The zero-order chi connectivity index (χ0) is 26.0. The van der Waals surface area contributed by atoms with Gasteiger partial charge in [0.2, 0.25) is 0 Å². The molecule has 8 unspecified atom stereocenters. The van der Waals surface area contributed by atoms with Crippen LogP contribution in [0.1, 0.15) is 120 Å². The minimum absolute atomic E-state index is 0.0455. The van der Waals surface area contributed by atoms with E-state index in [-0.39, 0.29) is 11.5 Å². The van der Waals surface area contributed by atoms with E-state index in [1.165, 1.54) is 57.8 Å². The Bertz CT molecular complexity index is 816. The summed E-state index contributed by atoms with van der Waals surface area (Å²) in [6.07, 6.45) is 13.0. The number of allylic oxidation sites excluding steroid dienone is 2. The van der Waals surface area contributed by atoms with E-state index < -0.39 is 13.5 Å². The molecule has 1 nitrogen and oxygen atoms in total. The van der Waals surface area contributed by atoms with Crippen molar-refractivity contribution in [3.63, 3.8) is 0 Å². The molecule has 0 radical (unpaired) electrons. The topological polar surface area (TPSA) is 20.2 Å². The SMILES string of the molecule is CC(C)C(CCC(C)C1CCC2(C)C3=C(CCC12C)C1(C)CCC(O)C(C)(C)C1CC3)S[As](C)C. The summed E-state index contributed by atoms with van der Waals surface area (Å²) < 4.78 is 0. The van der Waals surface area contributed by atoms with Crippen molar-refractivity contribution >= 4 is 23.5 Å². The Labute approximate surface area is 226 Å². The molecule has 202 valence electrons. The summed E-state index contributed by atoms with van der Waals surface area (Å²) in [6, 6.07) is 0. The molecule has 0 saturated heterocycles. The molecule has 0 amide bonds. The van der Waals surface area contributed by atoms with Gasteiger partial charge in [0.1, 0.15) is 0 Å². The van der Waals surface area contributed by atoms with Crippen LogP contribution in [0.5, 0.6) is 0 Å². The summed E-state index contributed by atoms with van der Waals surface area (Å²) in [6.45, 7) is 20.2. The first-order valence-corrected chi connectivity index (χ1v) is 21.8. The molecule has 0 aromatic carbocycles. The fourth-order valence-corrected chi connectivity index (χ4v) is 16.7. The first-order chi connectivity index (χ1) is 16.2. The summed E-state index contributed by atoms with van der Waals surface area (Å²) in [4.78, 5) is 0. The van der Waals surface area contributed by atoms with Gasteiger partial charge < -0.3 is 5.11 Å². The van der Waals surface area contributed by atoms with Gasteiger partial charge in [-0.05, 0) is 11.8 Å². The molecular weight excluding hydrogens is 507 g/mol. The standard InChI is InChI=1S/C32H57AsOS/c1-21(2)26(35-33(9)10)13-11-22(3)23-15-19-32(8)25-12-14-27-29(4,5)28(34)17-18-30(27,6)24(25)16-20-31(23,32)7/h21-23,26-28,34H,11-20H2,1-10H3. The van der Waals surface area contributed by atoms with E-state index in [0.29, 0.717) is 22.2 Å². The van der Waals surface area contributed by atoms with Crippen LogP contribution >= 0.6 is 10.0 Å². The van der Waals surface area contributed by atoms with Crippen molar-refractivity contribution in [1.29, 1.82) is 0 Å². The Hall–Kier alpha value is 0.608. The molecule has 4 aliphatic carbocycles. The van der Waals surface area contributed by atoms with Crippen molar-refractivity contribution in [2.75, 3.05) is 0 Å². The van der Waals surface area contributed by atoms with Gasteiger partial charge in [0, 0.05) is 0 Å². The van der Waals surface area contributed by atoms with E-state index >= 15 is 0 Å². The molecule has 2 fully saturated rings. The van der Waals surface area contributed by atoms with E-state index in [0.717, 1.165) is 29.4 Å². The Morgan fingerprint density at radius 1 is 0.886 bits per heavy atom. The van der Waals surface area contributed by atoms with Crippen LogP contribution in [0.25, 0.3) is 0 Å². The molecule has 0 aromatic rings. The van der Waals surface area contributed by atoms with Crippen molar-refractivity contribution in [3.05, 3.63) is 11.1 Å². The van der Waals surface area contributed by atoms with E-state index in [9.17, 15) is 5.11 Å². The summed E-state index contributed by atoms with van der Waals surface area (Å²) >= 11 is -0.645. The number of aliphatic hydroxyl groups is 1. The summed E-state index contributed by atoms with van der Waals surface area (Å²) in [5, 5.41) is 11.8. The average Bonchev–Trinajstić information content (AvgIpc) is 3.05. The van der Waals surface area contributed by atoms with Gasteiger partial charge >= 0.3 is 191 Å². The zero-order valence-corrected chi connectivity index (χ0v) is 27.5. The Kier molecular flexibility index (Phi) is 8.15. The Morgan fingerprint density at radius 3 is 2.20 bits per heavy atom. The molecule has 4 aliphatic rings. The molecule has 0 heterocycles. The Morgan fingerprint density at radius 2 is 1.57 bits per heavy atom. The second kappa shape index (κ2) is 9.97. The molecule has 0 aliphatic heterocycles. The normalized spacial score (nSPS) is 42.6. The molecular formula is C32H57AsOS. The van der Waals surface area contributed by atoms with Crippen LogP contribution in [0.15, 0.2) is 11.1 Å². The number of aliphatic hydroxyl groups excluding tert-OH is 1. The van der Waals surface area contributed by atoms with Gasteiger partial charge in [0.05, 0.1) is 6.10 Å². The van der Waals surface area contributed by atoms with E-state index in [2.05, 4.69) is 76.8 Å². The quantitative estimate of drug-likeness (QED) is 0.245. The van der Waals surface area contributed by atoms with Gasteiger partial charge in [-0.25, -0.2) is 0 Å². The first-order valence-electron chi connectivity index (χ1n) is 14.9. The summed E-state index contributed by atoms with van der Waals surface area (Å²) in [7, 11) is 2.36. The maximum absolute atomic E-state index is 10.9. The second-order valence-corrected chi connectivity index (χ2v) is 24.3. The van der Waals surface area contributed by atoms with Crippen molar-refractivity contribution in [2.45, 2.75) is 142 Å². The molecule has 2 saturated carbocycles. The van der Waals surface area contributed by atoms with Crippen LogP contribution in [0.3, 0.4) is 0 Å². The van der Waals surface area contributed by atoms with Crippen LogP contribution < -0.4 is 0 Å². The molecule has 0 bridgehead atoms. The van der Waals surface area contributed by atoms with Gasteiger partial charge in [-0.2, -0.15) is 0 Å². The monoisotopic (exact) mass is 564 g/mol. The zero-order valence-electron chi connectivity index (χ0n) is 24.8. The van der Waals surface area contributed by atoms with Gasteiger partial charge in [-0.1, -0.05) is 13.8 Å². The van der Waals surface area contributed by atoms with Crippen LogP contribution in [0.4, 0.5) is 0 Å². The third kappa shape index (κ3) is 4.58. The van der Waals surface area contributed by atoms with Gasteiger partial charge in [-0.3, -0.25) is 0 Å². The summed E-state index contributed by atoms with van der Waals surface area (Å²) in [5.74, 6) is 3.17. The first kappa shape index (κ1) is 28.6. The molecule has 3 heteroatoms. The summed E-state index contributed by atoms with van der Waals surface area (Å²) in [5.41, 5.74) is 10.00. The molecule has 35 heavy (non-hydrogen) atoms. The average molecular weight is 565 g/mol.